The maximum Gasteiger partial charge on any atom is 0.241 e. The maximum atomic E-state index is 12.7. The standard InChI is InChI=1S/C15H23NO4S/c1-15(8-3-4-9-15)16-21(18,19)14-6-5-13(20-2)11-12(14)7-10-17/h5-6,11,16-17H,3-4,7-10H2,1-2H3. The molecular weight excluding hydrogens is 290 g/mol. The Morgan fingerprint density at radius 3 is 2.57 bits per heavy atom. The Balaban J connectivity index is 2.34. The first-order chi connectivity index (χ1) is 9.90. The van der Waals surface area contributed by atoms with E-state index >= 15 is 0 Å². The lowest BCUT2D eigenvalue weighted by Gasteiger charge is -2.25. The predicted molar refractivity (Wildman–Crippen MR) is 81.0 cm³/mol. The van der Waals surface area contributed by atoms with Crippen molar-refractivity contribution in [2.24, 2.45) is 0 Å². The van der Waals surface area contributed by atoms with E-state index in [1.807, 2.05) is 6.92 Å². The molecule has 0 aromatic heterocycles. The molecule has 5 nitrogen and oxygen atoms in total. The minimum absolute atomic E-state index is 0.104. The minimum Gasteiger partial charge on any atom is -0.497 e. The van der Waals surface area contributed by atoms with Gasteiger partial charge in [-0.05, 0) is 49.9 Å². The van der Waals surface area contributed by atoms with Gasteiger partial charge in [0.1, 0.15) is 5.75 Å². The van der Waals surface area contributed by atoms with Crippen molar-refractivity contribution in [1.29, 1.82) is 0 Å². The van der Waals surface area contributed by atoms with Gasteiger partial charge in [-0.25, -0.2) is 13.1 Å². The van der Waals surface area contributed by atoms with Crippen LogP contribution in [-0.4, -0.2) is 32.8 Å². The Kier molecular flexibility index (Phi) is 4.91. The number of hydrogen-bond acceptors (Lipinski definition) is 4. The molecule has 1 aromatic rings. The minimum atomic E-state index is -3.60. The number of ether oxygens (including phenoxy) is 1. The fourth-order valence-corrected chi connectivity index (χ4v) is 4.61. The second-order valence-electron chi connectivity index (χ2n) is 5.82. The van der Waals surface area contributed by atoms with Crippen molar-refractivity contribution in [1.82, 2.24) is 4.72 Å². The molecule has 0 heterocycles. The highest BCUT2D eigenvalue weighted by atomic mass is 32.2. The molecule has 0 atom stereocenters. The van der Waals surface area contributed by atoms with E-state index in [2.05, 4.69) is 4.72 Å². The lowest BCUT2D eigenvalue weighted by molar-refractivity contribution is 0.298. The van der Waals surface area contributed by atoms with Crippen LogP contribution in [0.15, 0.2) is 23.1 Å². The average Bonchev–Trinajstić information content (AvgIpc) is 2.84. The van der Waals surface area contributed by atoms with Gasteiger partial charge in [-0.15, -0.1) is 0 Å². The molecule has 21 heavy (non-hydrogen) atoms. The SMILES string of the molecule is COc1ccc(S(=O)(=O)NC2(C)CCCC2)c(CCO)c1. The summed E-state index contributed by atoms with van der Waals surface area (Å²) in [6.07, 6.45) is 4.09. The van der Waals surface area contributed by atoms with E-state index in [1.54, 1.807) is 18.2 Å². The van der Waals surface area contributed by atoms with Gasteiger partial charge in [0, 0.05) is 12.1 Å². The largest absolute Gasteiger partial charge is 0.497 e. The van der Waals surface area contributed by atoms with Crippen molar-refractivity contribution >= 4 is 10.0 Å². The van der Waals surface area contributed by atoms with E-state index in [1.165, 1.54) is 7.11 Å². The fraction of sp³-hybridized carbons (Fsp3) is 0.600. The van der Waals surface area contributed by atoms with E-state index in [9.17, 15) is 8.42 Å². The van der Waals surface area contributed by atoms with E-state index in [4.69, 9.17) is 9.84 Å². The molecule has 0 aliphatic heterocycles. The monoisotopic (exact) mass is 313 g/mol. The summed E-state index contributed by atoms with van der Waals surface area (Å²) in [5, 5.41) is 9.15. The van der Waals surface area contributed by atoms with Gasteiger partial charge < -0.3 is 9.84 Å². The lowest BCUT2D eigenvalue weighted by atomic mass is 10.0. The van der Waals surface area contributed by atoms with Crippen LogP contribution in [0, 0.1) is 0 Å². The van der Waals surface area contributed by atoms with Crippen LogP contribution < -0.4 is 9.46 Å². The van der Waals surface area contributed by atoms with Crippen LogP contribution in [0.25, 0.3) is 0 Å². The van der Waals surface area contributed by atoms with E-state index in [0.29, 0.717) is 11.3 Å². The molecule has 0 spiro atoms. The third-order valence-corrected chi connectivity index (χ3v) is 5.77. The van der Waals surface area contributed by atoms with Crippen molar-refractivity contribution in [2.45, 2.75) is 49.5 Å². The summed E-state index contributed by atoms with van der Waals surface area (Å²) in [6, 6.07) is 4.85. The Morgan fingerprint density at radius 2 is 2.00 bits per heavy atom. The van der Waals surface area contributed by atoms with Crippen LogP contribution in [0.1, 0.15) is 38.2 Å². The van der Waals surface area contributed by atoms with E-state index < -0.39 is 10.0 Å². The van der Waals surface area contributed by atoms with Gasteiger partial charge in [0.2, 0.25) is 10.0 Å². The third kappa shape index (κ3) is 3.75. The Morgan fingerprint density at radius 1 is 1.33 bits per heavy atom. The van der Waals surface area contributed by atoms with Crippen molar-refractivity contribution in [2.75, 3.05) is 13.7 Å². The summed E-state index contributed by atoms with van der Waals surface area (Å²) in [7, 11) is -2.06. The zero-order valence-electron chi connectivity index (χ0n) is 12.6. The molecule has 1 aliphatic rings. The van der Waals surface area contributed by atoms with Crippen molar-refractivity contribution in [3.8, 4) is 5.75 Å². The van der Waals surface area contributed by atoms with Crippen LogP contribution >= 0.6 is 0 Å². The first-order valence-corrected chi connectivity index (χ1v) is 8.70. The molecule has 0 saturated heterocycles. The summed E-state index contributed by atoms with van der Waals surface area (Å²) in [5.41, 5.74) is 0.209. The second kappa shape index (κ2) is 6.34. The van der Waals surface area contributed by atoms with Crippen LogP contribution in [-0.2, 0) is 16.4 Å². The predicted octanol–water partition coefficient (Wildman–Crippen LogP) is 1.84. The first kappa shape index (κ1) is 16.3. The molecule has 1 saturated carbocycles. The number of nitrogens with one attached hydrogen (secondary N) is 1. The van der Waals surface area contributed by atoms with Gasteiger partial charge in [-0.1, -0.05) is 12.8 Å². The normalized spacial score (nSPS) is 17.9. The van der Waals surface area contributed by atoms with Crippen LogP contribution in [0.5, 0.6) is 5.75 Å². The molecule has 6 heteroatoms. The molecule has 2 rings (SSSR count). The topological polar surface area (TPSA) is 75.6 Å². The van der Waals surface area contributed by atoms with Gasteiger partial charge in [0.05, 0.1) is 12.0 Å². The van der Waals surface area contributed by atoms with Gasteiger partial charge in [-0.2, -0.15) is 0 Å². The number of rotatable bonds is 6. The maximum absolute atomic E-state index is 12.7. The lowest BCUT2D eigenvalue weighted by Crippen LogP contribution is -2.43. The third-order valence-electron chi connectivity index (χ3n) is 4.03. The average molecular weight is 313 g/mol. The van der Waals surface area contributed by atoms with Gasteiger partial charge >= 0.3 is 0 Å². The van der Waals surface area contributed by atoms with Gasteiger partial charge in [0.25, 0.3) is 0 Å². The summed E-state index contributed by atoms with van der Waals surface area (Å²) >= 11 is 0. The number of methoxy groups -OCH3 is 1. The number of sulfonamides is 1. The number of aliphatic hydroxyl groups excluding tert-OH is 1. The molecule has 0 bridgehead atoms. The van der Waals surface area contributed by atoms with E-state index in [-0.39, 0.29) is 23.5 Å². The van der Waals surface area contributed by atoms with Gasteiger partial charge in [0.15, 0.2) is 0 Å². The highest BCUT2D eigenvalue weighted by Crippen LogP contribution is 2.31. The molecule has 1 fully saturated rings. The summed E-state index contributed by atoms with van der Waals surface area (Å²) < 4.78 is 33.3. The summed E-state index contributed by atoms with van der Waals surface area (Å²) in [6.45, 7) is 1.85. The molecule has 0 unspecified atom stereocenters. The highest BCUT2D eigenvalue weighted by molar-refractivity contribution is 7.89. The van der Waals surface area contributed by atoms with Crippen molar-refractivity contribution in [3.63, 3.8) is 0 Å². The molecule has 0 amide bonds. The number of hydrogen-bond donors (Lipinski definition) is 2. The van der Waals surface area contributed by atoms with Crippen molar-refractivity contribution < 1.29 is 18.3 Å². The highest BCUT2D eigenvalue weighted by Gasteiger charge is 2.34. The molecule has 2 N–H and O–H groups in total. The molecule has 0 radical (unpaired) electrons. The molecular formula is C15H23NO4S. The molecule has 1 aromatic carbocycles. The Labute approximate surface area is 126 Å². The second-order valence-corrected chi connectivity index (χ2v) is 7.47. The Bertz CT molecular complexity index is 592. The van der Waals surface area contributed by atoms with Crippen LogP contribution in [0.4, 0.5) is 0 Å². The van der Waals surface area contributed by atoms with Crippen LogP contribution in [0.3, 0.4) is 0 Å². The fourth-order valence-electron chi connectivity index (χ4n) is 2.90. The van der Waals surface area contributed by atoms with Gasteiger partial charge in [-0.3, -0.25) is 0 Å². The molecule has 1 aliphatic carbocycles. The quantitative estimate of drug-likeness (QED) is 0.840. The van der Waals surface area contributed by atoms with Crippen molar-refractivity contribution in [3.05, 3.63) is 23.8 Å². The first-order valence-electron chi connectivity index (χ1n) is 7.22. The van der Waals surface area contributed by atoms with Crippen LogP contribution in [0.2, 0.25) is 0 Å². The van der Waals surface area contributed by atoms with E-state index in [0.717, 1.165) is 25.7 Å². The summed E-state index contributed by atoms with van der Waals surface area (Å²) in [5.74, 6) is 0.587. The number of benzene rings is 1. The zero-order chi connectivity index (χ0) is 15.5. The Hall–Kier alpha value is -1.11. The smallest absolute Gasteiger partial charge is 0.241 e. The zero-order valence-corrected chi connectivity index (χ0v) is 13.4. The molecule has 118 valence electrons. The summed E-state index contributed by atoms with van der Waals surface area (Å²) in [4.78, 5) is 0.227. The number of aliphatic hydroxyl groups is 1.